The van der Waals surface area contributed by atoms with Gasteiger partial charge in [-0.25, -0.2) is 9.97 Å². The Kier molecular flexibility index (Phi) is 4.57. The topological polar surface area (TPSA) is 62.2 Å². The highest BCUT2D eigenvalue weighted by molar-refractivity contribution is 5.76. The van der Waals surface area contributed by atoms with Gasteiger partial charge in [-0.05, 0) is 30.9 Å². The molecule has 0 N–H and O–H groups in total. The van der Waals surface area contributed by atoms with Gasteiger partial charge in [-0.3, -0.25) is 9.78 Å². The summed E-state index contributed by atoms with van der Waals surface area (Å²) in [5.74, 6) is 2.60. The molecule has 4 rings (SSSR count). The molecule has 0 spiro atoms. The van der Waals surface area contributed by atoms with Gasteiger partial charge in [0.25, 0.3) is 0 Å². The van der Waals surface area contributed by atoms with Crippen LogP contribution in [-0.2, 0) is 17.8 Å². The number of hydrogen-bond acceptors (Lipinski definition) is 5. The number of fused-ring (bicyclic) bond motifs is 1. The number of hydrogen-bond donors (Lipinski definition) is 0. The van der Waals surface area contributed by atoms with Crippen molar-refractivity contribution in [3.63, 3.8) is 0 Å². The summed E-state index contributed by atoms with van der Waals surface area (Å²) >= 11 is 0. The second-order valence-electron chi connectivity index (χ2n) is 7.45. The monoisotopic (exact) mass is 351 g/mol. The van der Waals surface area contributed by atoms with Gasteiger partial charge in [0.05, 0.1) is 12.2 Å². The molecule has 0 saturated heterocycles. The Morgan fingerprint density at radius 3 is 2.81 bits per heavy atom. The van der Waals surface area contributed by atoms with Crippen molar-refractivity contribution in [2.75, 3.05) is 25.5 Å². The van der Waals surface area contributed by atoms with Gasteiger partial charge < -0.3 is 9.80 Å². The fraction of sp³-hybridized carbons (Fsp3) is 0.500. The number of aromatic nitrogens is 3. The molecule has 1 aliphatic heterocycles. The Morgan fingerprint density at radius 2 is 2.12 bits per heavy atom. The molecule has 2 aromatic heterocycles. The zero-order valence-corrected chi connectivity index (χ0v) is 15.5. The second-order valence-corrected chi connectivity index (χ2v) is 7.45. The summed E-state index contributed by atoms with van der Waals surface area (Å²) in [6.07, 6.45) is 6.85. The molecule has 0 atom stereocenters. The minimum Gasteiger partial charge on any atom is -0.362 e. The first-order valence-electron chi connectivity index (χ1n) is 9.38. The van der Waals surface area contributed by atoms with E-state index in [9.17, 15) is 4.79 Å². The van der Waals surface area contributed by atoms with E-state index in [0.29, 0.717) is 18.8 Å². The fourth-order valence-corrected chi connectivity index (χ4v) is 3.50. The summed E-state index contributed by atoms with van der Waals surface area (Å²) < 4.78 is 0. The van der Waals surface area contributed by atoms with Crippen LogP contribution in [0.3, 0.4) is 0 Å². The number of pyridine rings is 1. The first-order valence-corrected chi connectivity index (χ1v) is 9.38. The Labute approximate surface area is 154 Å². The molecule has 1 fully saturated rings. The molecular formula is C20H25N5O. The maximum Gasteiger partial charge on any atom is 0.222 e. The summed E-state index contributed by atoms with van der Waals surface area (Å²) in [6, 6.07) is 5.74. The average molecular weight is 351 g/mol. The lowest BCUT2D eigenvalue weighted by Crippen LogP contribution is -2.37. The highest BCUT2D eigenvalue weighted by Crippen LogP contribution is 2.34. The Hall–Kier alpha value is -2.50. The van der Waals surface area contributed by atoms with Crippen molar-refractivity contribution in [2.24, 2.45) is 5.92 Å². The quantitative estimate of drug-likeness (QED) is 0.829. The summed E-state index contributed by atoms with van der Waals surface area (Å²) in [6.45, 7) is 1.33. The van der Waals surface area contributed by atoms with Crippen molar-refractivity contribution in [3.05, 3.63) is 35.7 Å². The zero-order chi connectivity index (χ0) is 18.1. The molecular weight excluding hydrogens is 326 g/mol. The van der Waals surface area contributed by atoms with Crippen LogP contribution in [0.2, 0.25) is 0 Å². The van der Waals surface area contributed by atoms with Crippen LogP contribution in [0.4, 0.5) is 5.82 Å². The number of rotatable bonds is 5. The van der Waals surface area contributed by atoms with Crippen molar-refractivity contribution >= 4 is 11.7 Å². The molecule has 6 nitrogen and oxygen atoms in total. The van der Waals surface area contributed by atoms with Crippen LogP contribution in [0.5, 0.6) is 0 Å². The molecule has 1 amide bonds. The molecule has 1 saturated carbocycles. The highest BCUT2D eigenvalue weighted by atomic mass is 16.2. The normalized spacial score (nSPS) is 16.3. The lowest BCUT2D eigenvalue weighted by molar-refractivity contribution is -0.132. The number of anilines is 1. The number of carbonyl (C=O) groups excluding carboxylic acids is 1. The third-order valence-corrected chi connectivity index (χ3v) is 5.18. The summed E-state index contributed by atoms with van der Waals surface area (Å²) in [4.78, 5) is 30.5. The van der Waals surface area contributed by atoms with E-state index in [4.69, 9.17) is 9.97 Å². The zero-order valence-electron chi connectivity index (χ0n) is 15.5. The van der Waals surface area contributed by atoms with E-state index in [2.05, 4.69) is 4.98 Å². The van der Waals surface area contributed by atoms with Crippen molar-refractivity contribution in [3.8, 4) is 11.5 Å². The summed E-state index contributed by atoms with van der Waals surface area (Å²) in [5, 5.41) is 0. The van der Waals surface area contributed by atoms with E-state index >= 15 is 0 Å². The third kappa shape index (κ3) is 3.54. The molecule has 2 aromatic rings. The van der Waals surface area contributed by atoms with Gasteiger partial charge in [0, 0.05) is 38.8 Å². The molecule has 136 valence electrons. The molecule has 6 heteroatoms. The van der Waals surface area contributed by atoms with Gasteiger partial charge in [-0.15, -0.1) is 0 Å². The molecule has 0 unspecified atom stereocenters. The van der Waals surface area contributed by atoms with Crippen LogP contribution in [-0.4, -0.2) is 46.4 Å². The van der Waals surface area contributed by atoms with Crippen LogP contribution >= 0.6 is 0 Å². The standard InChI is InChI=1S/C20H25N5O/c1-24(2)20-15-10-12-25(18(26)9-8-14-6-7-14)13-17(15)22-19(23-20)16-5-3-4-11-21-16/h3-5,11,14H,6-10,12-13H2,1-2H3. The predicted molar refractivity (Wildman–Crippen MR) is 101 cm³/mol. The van der Waals surface area contributed by atoms with E-state index in [1.54, 1.807) is 6.20 Å². The van der Waals surface area contributed by atoms with Crippen molar-refractivity contribution in [2.45, 2.75) is 38.6 Å². The largest absolute Gasteiger partial charge is 0.362 e. The Balaban J connectivity index is 1.61. The van der Waals surface area contributed by atoms with Crippen LogP contribution < -0.4 is 4.90 Å². The van der Waals surface area contributed by atoms with Crippen LogP contribution in [0.25, 0.3) is 11.5 Å². The van der Waals surface area contributed by atoms with E-state index in [1.165, 1.54) is 12.8 Å². The van der Waals surface area contributed by atoms with Crippen molar-refractivity contribution < 1.29 is 4.79 Å². The molecule has 0 radical (unpaired) electrons. The van der Waals surface area contributed by atoms with Gasteiger partial charge in [0.1, 0.15) is 11.5 Å². The third-order valence-electron chi connectivity index (χ3n) is 5.18. The van der Waals surface area contributed by atoms with Gasteiger partial charge in [0.15, 0.2) is 5.82 Å². The summed E-state index contributed by atoms with van der Waals surface area (Å²) in [5.41, 5.74) is 2.87. The molecule has 0 aromatic carbocycles. The van der Waals surface area contributed by atoms with Crippen LogP contribution in [0, 0.1) is 5.92 Å². The first kappa shape index (κ1) is 16.9. The molecule has 26 heavy (non-hydrogen) atoms. The second kappa shape index (κ2) is 7.02. The number of nitrogens with zero attached hydrogens (tertiary/aromatic N) is 5. The Bertz CT molecular complexity index is 801. The SMILES string of the molecule is CN(C)c1nc(-c2ccccn2)nc2c1CCN(C(=O)CCC1CC1)C2. The van der Waals surface area contributed by atoms with Gasteiger partial charge in [-0.1, -0.05) is 18.9 Å². The number of amides is 1. The minimum absolute atomic E-state index is 0.256. The maximum absolute atomic E-state index is 12.6. The van der Waals surface area contributed by atoms with Crippen LogP contribution in [0.15, 0.2) is 24.4 Å². The first-order chi connectivity index (χ1) is 12.6. The van der Waals surface area contributed by atoms with Crippen molar-refractivity contribution in [1.29, 1.82) is 0 Å². The Morgan fingerprint density at radius 1 is 1.27 bits per heavy atom. The van der Waals surface area contributed by atoms with Gasteiger partial charge in [0.2, 0.25) is 5.91 Å². The lowest BCUT2D eigenvalue weighted by Gasteiger charge is -2.30. The molecule has 1 aliphatic carbocycles. The fourth-order valence-electron chi connectivity index (χ4n) is 3.50. The van der Waals surface area contributed by atoms with Crippen molar-refractivity contribution in [1.82, 2.24) is 19.9 Å². The lowest BCUT2D eigenvalue weighted by atomic mass is 10.0. The van der Waals surface area contributed by atoms with Gasteiger partial charge >= 0.3 is 0 Å². The smallest absolute Gasteiger partial charge is 0.222 e. The van der Waals surface area contributed by atoms with Gasteiger partial charge in [-0.2, -0.15) is 0 Å². The van der Waals surface area contributed by atoms with E-state index in [-0.39, 0.29) is 5.91 Å². The summed E-state index contributed by atoms with van der Waals surface area (Å²) in [7, 11) is 4.00. The molecule has 2 aliphatic rings. The minimum atomic E-state index is 0.256. The van der Waals surface area contributed by atoms with E-state index in [0.717, 1.165) is 48.1 Å². The van der Waals surface area contributed by atoms with E-state index in [1.807, 2.05) is 42.1 Å². The average Bonchev–Trinajstić information content (AvgIpc) is 3.49. The molecule has 3 heterocycles. The maximum atomic E-state index is 12.6. The molecule has 0 bridgehead atoms. The number of carbonyl (C=O) groups is 1. The predicted octanol–water partition coefficient (Wildman–Crippen LogP) is 2.68. The highest BCUT2D eigenvalue weighted by Gasteiger charge is 2.28. The van der Waals surface area contributed by atoms with Crippen LogP contribution in [0.1, 0.15) is 36.9 Å². The van der Waals surface area contributed by atoms with E-state index < -0.39 is 0 Å².